The van der Waals surface area contributed by atoms with Gasteiger partial charge in [0.15, 0.2) is 0 Å². The van der Waals surface area contributed by atoms with Gasteiger partial charge in [-0.3, -0.25) is 0 Å². The minimum Gasteiger partial charge on any atom is -0.0587 e. The van der Waals surface area contributed by atoms with Crippen LogP contribution in [0.3, 0.4) is 0 Å². The van der Waals surface area contributed by atoms with Crippen LogP contribution >= 0.6 is 0 Å². The summed E-state index contributed by atoms with van der Waals surface area (Å²) in [6.45, 7) is 0. The van der Waals surface area contributed by atoms with Crippen molar-refractivity contribution in [3.05, 3.63) is 69.8 Å². The van der Waals surface area contributed by atoms with E-state index in [0.717, 1.165) is 23.7 Å². The fourth-order valence-electron chi connectivity index (χ4n) is 6.20. The second kappa shape index (κ2) is 5.47. The molecule has 0 aliphatic heterocycles. The molecule has 25 heavy (non-hydrogen) atoms. The molecule has 0 heteroatoms. The van der Waals surface area contributed by atoms with Crippen LogP contribution in [0.15, 0.2) is 36.4 Å². The summed E-state index contributed by atoms with van der Waals surface area (Å²) in [6, 6.07) is 15.3. The summed E-state index contributed by atoms with van der Waals surface area (Å²) in [7, 11) is 0. The van der Waals surface area contributed by atoms with Crippen LogP contribution in [-0.4, -0.2) is 0 Å². The molecule has 2 aromatic rings. The van der Waals surface area contributed by atoms with Gasteiger partial charge in [-0.25, -0.2) is 0 Å². The van der Waals surface area contributed by atoms with E-state index in [2.05, 4.69) is 36.4 Å². The van der Waals surface area contributed by atoms with E-state index in [9.17, 15) is 0 Å². The van der Waals surface area contributed by atoms with Crippen molar-refractivity contribution in [1.29, 1.82) is 0 Å². The zero-order valence-electron chi connectivity index (χ0n) is 15.1. The van der Waals surface area contributed by atoms with Crippen molar-refractivity contribution in [1.82, 2.24) is 0 Å². The van der Waals surface area contributed by atoms with Crippen molar-refractivity contribution >= 4 is 0 Å². The van der Waals surface area contributed by atoms with E-state index in [0.29, 0.717) is 0 Å². The average molecular weight is 328 g/mol. The molecule has 0 saturated heterocycles. The lowest BCUT2D eigenvalue weighted by Crippen LogP contribution is -2.32. The van der Waals surface area contributed by atoms with Crippen molar-refractivity contribution in [2.24, 2.45) is 0 Å². The third-order valence-corrected chi connectivity index (χ3v) is 7.88. The summed E-state index contributed by atoms with van der Waals surface area (Å²) in [6.07, 6.45) is 12.2. The minimum absolute atomic E-state index is 0.792. The molecule has 4 unspecified atom stereocenters. The predicted molar refractivity (Wildman–Crippen MR) is 104 cm³/mol. The minimum atomic E-state index is 0.792. The molecule has 2 fully saturated rings. The van der Waals surface area contributed by atoms with E-state index in [1.807, 2.05) is 0 Å². The maximum atomic E-state index is 2.63. The number of hydrogen-bond acceptors (Lipinski definition) is 0. The van der Waals surface area contributed by atoms with E-state index in [-0.39, 0.29) is 0 Å². The first-order valence-corrected chi connectivity index (χ1v) is 10.6. The fourth-order valence-corrected chi connectivity index (χ4v) is 6.20. The van der Waals surface area contributed by atoms with Crippen LogP contribution in [0.2, 0.25) is 0 Å². The molecule has 2 aromatic carbocycles. The molecule has 4 aliphatic rings. The van der Waals surface area contributed by atoms with Crippen molar-refractivity contribution in [3.63, 3.8) is 0 Å². The molecule has 2 saturated carbocycles. The van der Waals surface area contributed by atoms with Gasteiger partial charge in [0.1, 0.15) is 0 Å². The first-order chi connectivity index (χ1) is 12.4. The smallest absolute Gasteiger partial charge is 0.00898 e. The van der Waals surface area contributed by atoms with Gasteiger partial charge in [-0.1, -0.05) is 42.8 Å². The molecule has 0 aromatic heterocycles. The second-order valence-corrected chi connectivity index (χ2v) is 9.07. The second-order valence-electron chi connectivity index (χ2n) is 9.07. The lowest BCUT2D eigenvalue weighted by atomic mass is 9.56. The zero-order valence-corrected chi connectivity index (χ0v) is 15.1. The van der Waals surface area contributed by atoms with E-state index in [1.165, 1.54) is 57.8 Å². The Labute approximate surface area is 151 Å². The normalized spacial score (nSPS) is 32.2. The lowest BCUT2D eigenvalue weighted by molar-refractivity contribution is 0.294. The quantitative estimate of drug-likeness (QED) is 0.511. The van der Waals surface area contributed by atoms with Gasteiger partial charge in [-0.2, -0.15) is 0 Å². The van der Waals surface area contributed by atoms with Crippen LogP contribution in [0, 0.1) is 0 Å². The maximum absolute atomic E-state index is 2.63. The SMILES string of the molecule is c1cc2c3cc1CCCCCc1ccc(c(c1)C1CCC31)C1CCC21. The van der Waals surface area contributed by atoms with Gasteiger partial charge in [0.05, 0.1) is 0 Å². The molecule has 0 heterocycles. The van der Waals surface area contributed by atoms with E-state index >= 15 is 0 Å². The molecule has 4 atom stereocenters. The molecular formula is C25H28. The molecule has 4 aliphatic carbocycles. The van der Waals surface area contributed by atoms with Gasteiger partial charge in [0.2, 0.25) is 0 Å². The first kappa shape index (κ1) is 14.6. The summed E-state index contributed by atoms with van der Waals surface area (Å²) in [5.74, 6) is 3.18. The van der Waals surface area contributed by atoms with Gasteiger partial charge in [0, 0.05) is 0 Å². The van der Waals surface area contributed by atoms with Gasteiger partial charge < -0.3 is 0 Å². The highest BCUT2D eigenvalue weighted by Gasteiger charge is 2.44. The molecule has 128 valence electrons. The molecule has 4 bridgehead atoms. The molecule has 0 radical (unpaired) electrons. The highest BCUT2D eigenvalue weighted by Crippen LogP contribution is 2.60. The van der Waals surface area contributed by atoms with Crippen LogP contribution in [-0.2, 0) is 12.8 Å². The Morgan fingerprint density at radius 3 is 1.36 bits per heavy atom. The number of benzene rings is 2. The zero-order chi connectivity index (χ0) is 16.4. The molecule has 0 N–H and O–H groups in total. The van der Waals surface area contributed by atoms with E-state index < -0.39 is 0 Å². The Morgan fingerprint density at radius 1 is 0.480 bits per heavy atom. The molecule has 0 amide bonds. The average Bonchev–Trinajstić information content (AvgIpc) is 2.56. The Bertz CT molecular complexity index is 760. The molecule has 0 spiro atoms. The number of rotatable bonds is 0. The summed E-state index contributed by atoms with van der Waals surface area (Å²) in [4.78, 5) is 0. The number of aryl methyl sites for hydroxylation is 2. The van der Waals surface area contributed by atoms with Crippen molar-refractivity contribution in [2.45, 2.75) is 81.5 Å². The highest BCUT2D eigenvalue weighted by molar-refractivity contribution is 5.50. The fraction of sp³-hybridized carbons (Fsp3) is 0.520. The van der Waals surface area contributed by atoms with E-state index in [1.54, 1.807) is 33.4 Å². The van der Waals surface area contributed by atoms with Crippen LogP contribution in [0.4, 0.5) is 0 Å². The van der Waals surface area contributed by atoms with Crippen molar-refractivity contribution < 1.29 is 0 Å². The summed E-state index contributed by atoms with van der Waals surface area (Å²) >= 11 is 0. The Kier molecular flexibility index (Phi) is 3.19. The Hall–Kier alpha value is -1.56. The number of fused-ring (bicyclic) bond motifs is 5. The van der Waals surface area contributed by atoms with Crippen LogP contribution < -0.4 is 0 Å². The van der Waals surface area contributed by atoms with Crippen LogP contribution in [0.25, 0.3) is 0 Å². The summed E-state index contributed by atoms with van der Waals surface area (Å²) in [5.41, 5.74) is 10.1. The van der Waals surface area contributed by atoms with Gasteiger partial charge >= 0.3 is 0 Å². The van der Waals surface area contributed by atoms with Crippen molar-refractivity contribution in [3.8, 4) is 0 Å². The predicted octanol–water partition coefficient (Wildman–Crippen LogP) is 6.59. The molecule has 6 rings (SSSR count). The third kappa shape index (κ3) is 2.12. The molecule has 0 nitrogen and oxygen atoms in total. The molecular weight excluding hydrogens is 300 g/mol. The van der Waals surface area contributed by atoms with E-state index in [4.69, 9.17) is 0 Å². The lowest BCUT2D eigenvalue weighted by Gasteiger charge is -2.48. The van der Waals surface area contributed by atoms with Crippen LogP contribution in [0.1, 0.15) is 102 Å². The third-order valence-electron chi connectivity index (χ3n) is 7.88. The maximum Gasteiger partial charge on any atom is -0.00898 e. The largest absolute Gasteiger partial charge is 0.0587 e. The van der Waals surface area contributed by atoms with Gasteiger partial charge in [-0.15, -0.1) is 0 Å². The summed E-state index contributed by atoms with van der Waals surface area (Å²) < 4.78 is 0. The monoisotopic (exact) mass is 328 g/mol. The summed E-state index contributed by atoms with van der Waals surface area (Å²) in [5, 5.41) is 0. The Balaban J connectivity index is 1.59. The van der Waals surface area contributed by atoms with Gasteiger partial charge in [-0.05, 0) is 108 Å². The Morgan fingerprint density at radius 2 is 0.920 bits per heavy atom. The van der Waals surface area contributed by atoms with Crippen LogP contribution in [0.5, 0.6) is 0 Å². The highest BCUT2D eigenvalue weighted by atomic mass is 14.5. The first-order valence-electron chi connectivity index (χ1n) is 10.6. The number of hydrogen-bond donors (Lipinski definition) is 0. The topological polar surface area (TPSA) is 0 Å². The van der Waals surface area contributed by atoms with Gasteiger partial charge in [0.25, 0.3) is 0 Å². The standard InChI is InChI=1S/C25H28/c1-2-4-16-6-8-20-18-10-11-19(18)21-9-7-17(5-3-1)15-25(21)23-13-12-22(23)24(20)14-16/h6-9,14-15,18-19,22-23H,1-5,10-13H2. The van der Waals surface area contributed by atoms with Crippen molar-refractivity contribution in [2.75, 3.05) is 0 Å².